The fourth-order valence-corrected chi connectivity index (χ4v) is 2.69. The summed E-state index contributed by atoms with van der Waals surface area (Å²) in [4.78, 5) is 14.6. The number of halogens is 3. The Bertz CT molecular complexity index is 614. The summed E-state index contributed by atoms with van der Waals surface area (Å²) >= 11 is 0. The van der Waals surface area contributed by atoms with Crippen LogP contribution in [0.1, 0.15) is 22.3 Å². The fraction of sp³-hybridized carbons (Fsp3) is 0.500. The second-order valence-corrected chi connectivity index (χ2v) is 6.01. The van der Waals surface area contributed by atoms with Gasteiger partial charge in [0, 0.05) is 32.7 Å². The van der Waals surface area contributed by atoms with Crippen LogP contribution >= 0.6 is 0 Å². The summed E-state index contributed by atoms with van der Waals surface area (Å²) < 4.78 is 44.1. The van der Waals surface area contributed by atoms with Crippen LogP contribution in [0.15, 0.2) is 30.9 Å². The number of ether oxygens (including phenoxy) is 1. The van der Waals surface area contributed by atoms with Gasteiger partial charge in [0.25, 0.3) is 5.91 Å². The Morgan fingerprint density at radius 1 is 1.35 bits per heavy atom. The molecule has 1 aliphatic heterocycles. The molecule has 0 aromatic heterocycles. The number of nitrogens with one attached hydrogen (secondary N) is 2. The van der Waals surface area contributed by atoms with Crippen LogP contribution in [0, 0.1) is 0 Å². The van der Waals surface area contributed by atoms with Gasteiger partial charge in [-0.1, -0.05) is 12.7 Å². The third kappa shape index (κ3) is 6.03. The standard InChI is InChI=1S/C18H24F3N3O2/c1-2-12-26-16-5-4-14(18(19,20)21)13-15(16)17(25)23-6-3-9-24-10-7-22-8-11-24/h2,4-5,13,22H,1,3,6-12H2,(H,23,25). The Balaban J connectivity index is 1.96. The molecule has 5 nitrogen and oxygen atoms in total. The summed E-state index contributed by atoms with van der Waals surface area (Å²) in [7, 11) is 0. The lowest BCUT2D eigenvalue weighted by Crippen LogP contribution is -2.44. The number of hydrogen-bond donors (Lipinski definition) is 2. The van der Waals surface area contributed by atoms with E-state index in [1.807, 2.05) is 0 Å². The van der Waals surface area contributed by atoms with Crippen molar-refractivity contribution in [2.45, 2.75) is 12.6 Å². The van der Waals surface area contributed by atoms with Crippen LogP contribution < -0.4 is 15.4 Å². The Labute approximate surface area is 151 Å². The second kappa shape index (κ2) is 9.59. The molecular weight excluding hydrogens is 347 g/mol. The minimum atomic E-state index is -4.52. The zero-order valence-electron chi connectivity index (χ0n) is 14.6. The molecule has 0 bridgehead atoms. The molecular formula is C18H24F3N3O2. The van der Waals surface area contributed by atoms with Crippen molar-refractivity contribution in [1.29, 1.82) is 0 Å². The van der Waals surface area contributed by atoms with Crippen LogP contribution in [-0.2, 0) is 6.18 Å². The average Bonchev–Trinajstić information content (AvgIpc) is 2.63. The molecule has 26 heavy (non-hydrogen) atoms. The van der Waals surface area contributed by atoms with E-state index in [9.17, 15) is 18.0 Å². The van der Waals surface area contributed by atoms with Gasteiger partial charge in [0.2, 0.25) is 0 Å². The molecule has 1 aromatic carbocycles. The molecule has 0 aliphatic carbocycles. The van der Waals surface area contributed by atoms with E-state index in [1.54, 1.807) is 0 Å². The summed E-state index contributed by atoms with van der Waals surface area (Å²) in [6, 6.07) is 2.89. The van der Waals surface area contributed by atoms with E-state index in [0.717, 1.165) is 51.3 Å². The van der Waals surface area contributed by atoms with Gasteiger partial charge < -0.3 is 20.3 Å². The lowest BCUT2D eigenvalue weighted by molar-refractivity contribution is -0.137. The largest absolute Gasteiger partial charge is 0.489 e. The van der Waals surface area contributed by atoms with E-state index >= 15 is 0 Å². The molecule has 2 rings (SSSR count). The van der Waals surface area contributed by atoms with Gasteiger partial charge in [0.05, 0.1) is 11.1 Å². The van der Waals surface area contributed by atoms with Crippen molar-refractivity contribution in [3.8, 4) is 5.75 Å². The summed E-state index contributed by atoms with van der Waals surface area (Å²) in [5.74, 6) is -0.465. The van der Waals surface area contributed by atoms with Crippen LogP contribution in [0.3, 0.4) is 0 Å². The highest BCUT2D eigenvalue weighted by Gasteiger charge is 2.32. The third-order valence-corrected chi connectivity index (χ3v) is 4.05. The Morgan fingerprint density at radius 3 is 2.73 bits per heavy atom. The van der Waals surface area contributed by atoms with E-state index in [0.29, 0.717) is 6.54 Å². The monoisotopic (exact) mass is 371 g/mol. The fourth-order valence-electron chi connectivity index (χ4n) is 2.69. The van der Waals surface area contributed by atoms with Gasteiger partial charge in [0.15, 0.2) is 0 Å². The van der Waals surface area contributed by atoms with Gasteiger partial charge in [-0.15, -0.1) is 0 Å². The van der Waals surface area contributed by atoms with Crippen LogP contribution in [0.2, 0.25) is 0 Å². The zero-order chi connectivity index (χ0) is 19.0. The maximum Gasteiger partial charge on any atom is 0.416 e. The van der Waals surface area contributed by atoms with Crippen molar-refractivity contribution in [3.05, 3.63) is 42.0 Å². The summed E-state index contributed by atoms with van der Waals surface area (Å²) in [5, 5.41) is 5.94. The molecule has 0 saturated carbocycles. The molecule has 1 aliphatic rings. The molecule has 0 atom stereocenters. The Hall–Kier alpha value is -2.06. The zero-order valence-corrected chi connectivity index (χ0v) is 14.6. The quantitative estimate of drug-likeness (QED) is 0.544. The predicted molar refractivity (Wildman–Crippen MR) is 93.4 cm³/mol. The maximum absolute atomic E-state index is 12.9. The number of benzene rings is 1. The molecule has 1 heterocycles. The van der Waals surface area contributed by atoms with Crippen molar-refractivity contribution in [2.75, 3.05) is 45.9 Å². The van der Waals surface area contributed by atoms with Crippen molar-refractivity contribution < 1.29 is 22.7 Å². The van der Waals surface area contributed by atoms with Gasteiger partial charge >= 0.3 is 6.18 Å². The molecule has 1 fully saturated rings. The van der Waals surface area contributed by atoms with Gasteiger partial charge in [-0.25, -0.2) is 0 Å². The lowest BCUT2D eigenvalue weighted by Gasteiger charge is -2.27. The summed E-state index contributed by atoms with van der Waals surface area (Å²) in [6.45, 7) is 8.64. The molecule has 1 aromatic rings. The van der Waals surface area contributed by atoms with Gasteiger partial charge in [0.1, 0.15) is 12.4 Å². The molecule has 2 N–H and O–H groups in total. The van der Waals surface area contributed by atoms with Crippen molar-refractivity contribution in [2.24, 2.45) is 0 Å². The SMILES string of the molecule is C=CCOc1ccc(C(F)(F)F)cc1C(=O)NCCCN1CCNCC1. The molecule has 8 heteroatoms. The van der Waals surface area contributed by atoms with Crippen LogP contribution in [-0.4, -0.2) is 56.7 Å². The van der Waals surface area contributed by atoms with Gasteiger partial charge in [-0.3, -0.25) is 4.79 Å². The number of hydrogen-bond acceptors (Lipinski definition) is 4. The first-order valence-electron chi connectivity index (χ1n) is 8.58. The van der Waals surface area contributed by atoms with Crippen molar-refractivity contribution >= 4 is 5.91 Å². The number of piperazine rings is 1. The highest BCUT2D eigenvalue weighted by molar-refractivity contribution is 5.97. The number of amides is 1. The first-order valence-corrected chi connectivity index (χ1v) is 8.58. The lowest BCUT2D eigenvalue weighted by atomic mass is 10.1. The minimum Gasteiger partial charge on any atom is -0.489 e. The normalized spacial score (nSPS) is 15.5. The van der Waals surface area contributed by atoms with Crippen LogP contribution in [0.25, 0.3) is 0 Å². The van der Waals surface area contributed by atoms with Crippen molar-refractivity contribution in [3.63, 3.8) is 0 Å². The number of carbonyl (C=O) groups excluding carboxylic acids is 1. The van der Waals surface area contributed by atoms with E-state index in [2.05, 4.69) is 22.1 Å². The summed E-state index contributed by atoms with van der Waals surface area (Å²) in [5.41, 5.74) is -1.00. The molecule has 0 unspecified atom stereocenters. The number of nitrogens with zero attached hydrogens (tertiary/aromatic N) is 1. The van der Waals surface area contributed by atoms with Gasteiger partial charge in [-0.2, -0.15) is 13.2 Å². The average molecular weight is 371 g/mol. The number of alkyl halides is 3. The molecule has 0 radical (unpaired) electrons. The van der Waals surface area contributed by atoms with Gasteiger partial charge in [-0.05, 0) is 31.2 Å². The summed E-state index contributed by atoms with van der Waals surface area (Å²) in [6.07, 6.45) is -2.32. The first-order chi connectivity index (χ1) is 12.4. The minimum absolute atomic E-state index is 0.106. The van der Waals surface area contributed by atoms with E-state index in [4.69, 9.17) is 4.74 Å². The molecule has 1 amide bonds. The first kappa shape index (κ1) is 20.3. The van der Waals surface area contributed by atoms with E-state index in [1.165, 1.54) is 12.1 Å². The third-order valence-electron chi connectivity index (χ3n) is 4.05. The number of rotatable bonds is 8. The molecule has 1 saturated heterocycles. The van der Waals surface area contributed by atoms with Crippen molar-refractivity contribution in [1.82, 2.24) is 15.5 Å². The maximum atomic E-state index is 12.9. The smallest absolute Gasteiger partial charge is 0.416 e. The van der Waals surface area contributed by atoms with Crippen LogP contribution in [0.4, 0.5) is 13.2 Å². The highest BCUT2D eigenvalue weighted by Crippen LogP contribution is 2.32. The van der Waals surface area contributed by atoms with E-state index in [-0.39, 0.29) is 17.9 Å². The predicted octanol–water partition coefficient (Wildman–Crippen LogP) is 2.30. The van der Waals surface area contributed by atoms with E-state index < -0.39 is 17.6 Å². The molecule has 144 valence electrons. The topological polar surface area (TPSA) is 53.6 Å². The Morgan fingerprint density at radius 2 is 2.08 bits per heavy atom. The second-order valence-electron chi connectivity index (χ2n) is 6.01. The van der Waals surface area contributed by atoms with Crippen LogP contribution in [0.5, 0.6) is 5.75 Å². The number of carbonyl (C=O) groups is 1. The Kier molecular flexibility index (Phi) is 7.47. The molecule has 0 spiro atoms. The highest BCUT2D eigenvalue weighted by atomic mass is 19.4.